The Morgan fingerprint density at radius 1 is 1.23 bits per heavy atom. The molecule has 0 spiro atoms. The number of carbonyl (C=O) groups is 2. The van der Waals surface area contributed by atoms with E-state index in [2.05, 4.69) is 5.32 Å². The van der Waals surface area contributed by atoms with E-state index in [0.29, 0.717) is 17.0 Å². The first-order valence-electron chi connectivity index (χ1n) is 8.17. The van der Waals surface area contributed by atoms with Crippen molar-refractivity contribution in [2.24, 2.45) is 0 Å². The summed E-state index contributed by atoms with van der Waals surface area (Å²) in [7, 11) is 1.54. The third-order valence-corrected chi connectivity index (χ3v) is 3.72. The zero-order valence-electron chi connectivity index (χ0n) is 15.0. The van der Waals surface area contributed by atoms with Crippen molar-refractivity contribution in [2.45, 2.75) is 20.0 Å². The minimum Gasteiger partial charge on any atom is -0.481 e. The third kappa shape index (κ3) is 5.35. The second kappa shape index (κ2) is 8.67. The van der Waals surface area contributed by atoms with Gasteiger partial charge in [0.15, 0.2) is 6.10 Å². The van der Waals surface area contributed by atoms with Crippen molar-refractivity contribution in [1.82, 2.24) is 4.90 Å². The zero-order chi connectivity index (χ0) is 19.1. The minimum absolute atomic E-state index is 0.0847. The van der Waals surface area contributed by atoms with Gasteiger partial charge in [-0.15, -0.1) is 0 Å². The summed E-state index contributed by atoms with van der Waals surface area (Å²) in [6.07, 6.45) is -0.777. The maximum atomic E-state index is 12.4. The zero-order valence-corrected chi connectivity index (χ0v) is 15.0. The van der Waals surface area contributed by atoms with Gasteiger partial charge in [0.2, 0.25) is 5.91 Å². The Hall–Kier alpha value is -3.33. The molecule has 0 aliphatic carbocycles. The molecule has 0 aliphatic rings. The number of nitriles is 1. The molecule has 1 atom stereocenters. The number of amides is 2. The first-order valence-corrected chi connectivity index (χ1v) is 8.17. The molecule has 0 aromatic heterocycles. The van der Waals surface area contributed by atoms with Gasteiger partial charge in [0.25, 0.3) is 5.91 Å². The lowest BCUT2D eigenvalue weighted by molar-refractivity contribution is -0.139. The van der Waals surface area contributed by atoms with E-state index in [9.17, 15) is 9.59 Å². The Balaban J connectivity index is 1.90. The minimum atomic E-state index is -0.777. The van der Waals surface area contributed by atoms with Gasteiger partial charge in [0, 0.05) is 12.7 Å². The Bertz CT molecular complexity index is 825. The smallest absolute Gasteiger partial charge is 0.263 e. The second-order valence-corrected chi connectivity index (χ2v) is 6.01. The van der Waals surface area contributed by atoms with E-state index in [1.165, 1.54) is 4.90 Å². The lowest BCUT2D eigenvalue weighted by Gasteiger charge is -2.21. The number of nitrogens with zero attached hydrogens (tertiary/aromatic N) is 2. The van der Waals surface area contributed by atoms with E-state index in [1.54, 1.807) is 38.2 Å². The van der Waals surface area contributed by atoms with Crippen molar-refractivity contribution in [2.75, 3.05) is 18.9 Å². The number of rotatable bonds is 6. The average molecular weight is 351 g/mol. The molecule has 0 aliphatic heterocycles. The topological polar surface area (TPSA) is 82.4 Å². The van der Waals surface area contributed by atoms with E-state index in [-0.39, 0.29) is 18.4 Å². The van der Waals surface area contributed by atoms with Crippen LogP contribution in [0.15, 0.2) is 48.5 Å². The number of ether oxygens (including phenoxy) is 1. The van der Waals surface area contributed by atoms with Crippen molar-refractivity contribution in [3.05, 3.63) is 59.7 Å². The van der Waals surface area contributed by atoms with Crippen molar-refractivity contribution < 1.29 is 14.3 Å². The number of aryl methyl sites for hydroxylation is 1. The molecular formula is C20H21N3O3. The molecule has 0 saturated heterocycles. The molecule has 134 valence electrons. The highest BCUT2D eigenvalue weighted by Gasteiger charge is 2.21. The summed E-state index contributed by atoms with van der Waals surface area (Å²) in [5.41, 5.74) is 2.23. The standard InChI is InChI=1S/C20H21N3O3/c1-14-7-9-17(10-8-14)22-19(24)13-23(3)20(25)15(2)26-18-6-4-5-16(11-18)12-21/h4-11,15H,13H2,1-3H3,(H,22,24)/t15-/m1/s1. The first kappa shape index (κ1) is 19.0. The Kier molecular flexibility index (Phi) is 6.34. The number of anilines is 1. The number of carbonyl (C=O) groups excluding carboxylic acids is 2. The summed E-state index contributed by atoms with van der Waals surface area (Å²) in [4.78, 5) is 25.8. The second-order valence-electron chi connectivity index (χ2n) is 6.01. The van der Waals surface area contributed by atoms with Crippen LogP contribution >= 0.6 is 0 Å². The lowest BCUT2D eigenvalue weighted by Crippen LogP contribution is -2.42. The van der Waals surface area contributed by atoms with Gasteiger partial charge in [-0.1, -0.05) is 23.8 Å². The maximum Gasteiger partial charge on any atom is 0.263 e. The monoisotopic (exact) mass is 351 g/mol. The summed E-state index contributed by atoms with van der Waals surface area (Å²) >= 11 is 0. The molecule has 0 radical (unpaired) electrons. The number of likely N-dealkylation sites (N-methyl/N-ethyl adjacent to an activating group) is 1. The van der Waals surface area contributed by atoms with Crippen LogP contribution in [0.2, 0.25) is 0 Å². The molecule has 6 nitrogen and oxygen atoms in total. The molecule has 6 heteroatoms. The van der Waals surface area contributed by atoms with Crippen molar-refractivity contribution in [3.8, 4) is 11.8 Å². The fourth-order valence-corrected chi connectivity index (χ4v) is 2.33. The van der Waals surface area contributed by atoms with Crippen LogP contribution in [0.1, 0.15) is 18.1 Å². The fraction of sp³-hybridized carbons (Fsp3) is 0.250. The molecule has 0 heterocycles. The predicted octanol–water partition coefficient (Wildman–Crippen LogP) is 2.73. The van der Waals surface area contributed by atoms with Crippen LogP contribution in [-0.2, 0) is 9.59 Å². The summed E-state index contributed by atoms with van der Waals surface area (Å²) in [5, 5.41) is 11.7. The van der Waals surface area contributed by atoms with Gasteiger partial charge < -0.3 is 15.0 Å². The molecule has 2 aromatic carbocycles. The summed E-state index contributed by atoms with van der Waals surface area (Å²) in [6.45, 7) is 3.49. The molecule has 0 saturated carbocycles. The van der Waals surface area contributed by atoms with E-state index in [0.717, 1.165) is 5.56 Å². The van der Waals surface area contributed by atoms with Gasteiger partial charge in [-0.2, -0.15) is 5.26 Å². The summed E-state index contributed by atoms with van der Waals surface area (Å²) in [6, 6.07) is 16.0. The SMILES string of the molecule is Cc1ccc(NC(=O)CN(C)C(=O)[C@@H](C)Oc2cccc(C#N)c2)cc1. The fourth-order valence-electron chi connectivity index (χ4n) is 2.33. The molecule has 2 amide bonds. The first-order chi connectivity index (χ1) is 12.4. The quantitative estimate of drug-likeness (QED) is 0.867. The molecule has 26 heavy (non-hydrogen) atoms. The Labute approximate surface area is 153 Å². The van der Waals surface area contributed by atoms with Crippen LogP contribution in [-0.4, -0.2) is 36.4 Å². The van der Waals surface area contributed by atoms with E-state index >= 15 is 0 Å². The van der Waals surface area contributed by atoms with E-state index in [1.807, 2.05) is 37.3 Å². The van der Waals surface area contributed by atoms with Gasteiger partial charge in [-0.25, -0.2) is 0 Å². The van der Waals surface area contributed by atoms with Gasteiger partial charge in [0.05, 0.1) is 18.2 Å². The lowest BCUT2D eigenvalue weighted by atomic mass is 10.2. The largest absolute Gasteiger partial charge is 0.481 e. The van der Waals surface area contributed by atoms with Crippen LogP contribution in [0.3, 0.4) is 0 Å². The normalized spacial score (nSPS) is 11.2. The highest BCUT2D eigenvalue weighted by molar-refractivity contribution is 5.95. The highest BCUT2D eigenvalue weighted by atomic mass is 16.5. The van der Waals surface area contributed by atoms with Gasteiger partial charge >= 0.3 is 0 Å². The van der Waals surface area contributed by atoms with Gasteiger partial charge in [-0.05, 0) is 44.2 Å². The van der Waals surface area contributed by atoms with E-state index < -0.39 is 6.10 Å². The molecular weight excluding hydrogens is 330 g/mol. The molecule has 2 aromatic rings. The number of hydrogen-bond acceptors (Lipinski definition) is 4. The number of hydrogen-bond donors (Lipinski definition) is 1. The van der Waals surface area contributed by atoms with Crippen molar-refractivity contribution >= 4 is 17.5 Å². The number of nitrogens with one attached hydrogen (secondary N) is 1. The average Bonchev–Trinajstić information content (AvgIpc) is 2.63. The van der Waals surface area contributed by atoms with Crippen LogP contribution < -0.4 is 10.1 Å². The molecule has 0 fully saturated rings. The number of benzene rings is 2. The summed E-state index contributed by atoms with van der Waals surface area (Å²) in [5.74, 6) is -0.183. The van der Waals surface area contributed by atoms with Crippen LogP contribution in [0.5, 0.6) is 5.75 Å². The van der Waals surface area contributed by atoms with Crippen LogP contribution in [0.4, 0.5) is 5.69 Å². The molecule has 0 unspecified atom stereocenters. The third-order valence-electron chi connectivity index (χ3n) is 3.72. The Morgan fingerprint density at radius 3 is 2.58 bits per heavy atom. The molecule has 2 rings (SSSR count). The van der Waals surface area contributed by atoms with Gasteiger partial charge in [0.1, 0.15) is 5.75 Å². The predicted molar refractivity (Wildman–Crippen MR) is 98.7 cm³/mol. The van der Waals surface area contributed by atoms with Crippen molar-refractivity contribution in [1.29, 1.82) is 5.26 Å². The van der Waals surface area contributed by atoms with E-state index in [4.69, 9.17) is 10.00 Å². The maximum absolute atomic E-state index is 12.4. The molecule has 0 bridgehead atoms. The van der Waals surface area contributed by atoms with Crippen molar-refractivity contribution in [3.63, 3.8) is 0 Å². The Morgan fingerprint density at radius 2 is 1.92 bits per heavy atom. The van der Waals surface area contributed by atoms with Crippen LogP contribution in [0, 0.1) is 18.3 Å². The highest BCUT2D eigenvalue weighted by Crippen LogP contribution is 2.15. The molecule has 1 N–H and O–H groups in total. The summed E-state index contributed by atoms with van der Waals surface area (Å²) < 4.78 is 5.58. The van der Waals surface area contributed by atoms with Gasteiger partial charge in [-0.3, -0.25) is 9.59 Å². The van der Waals surface area contributed by atoms with Crippen LogP contribution in [0.25, 0.3) is 0 Å².